The summed E-state index contributed by atoms with van der Waals surface area (Å²) in [6.45, 7) is 2.18. The Hall–Kier alpha value is -1.88. The molecule has 1 fully saturated rings. The standard InChI is InChI=1S/C19H19BrN2O2/c1-19-10-12(11-23)16(24)9-13(19)7-8-15-17(19)21-18(20)22(15)14-5-3-2-4-6-14/h2-6,11,13,23H,7-10H2,1H3/b12-11-. The second kappa shape index (κ2) is 5.59. The van der Waals surface area contributed by atoms with Gasteiger partial charge >= 0.3 is 0 Å². The zero-order chi connectivity index (χ0) is 16.9. The van der Waals surface area contributed by atoms with Crippen LogP contribution in [0.3, 0.4) is 0 Å². The Kier molecular flexibility index (Phi) is 3.64. The van der Waals surface area contributed by atoms with E-state index in [0.717, 1.165) is 35.2 Å². The first-order valence-corrected chi connectivity index (χ1v) is 9.03. The molecule has 124 valence electrons. The molecule has 0 spiro atoms. The highest BCUT2D eigenvalue weighted by atomic mass is 79.9. The van der Waals surface area contributed by atoms with Gasteiger partial charge in [0.2, 0.25) is 0 Å². The Morgan fingerprint density at radius 1 is 1.38 bits per heavy atom. The van der Waals surface area contributed by atoms with Crippen LogP contribution in [0.5, 0.6) is 0 Å². The molecule has 4 nitrogen and oxygen atoms in total. The second-order valence-electron chi connectivity index (χ2n) is 6.96. The van der Waals surface area contributed by atoms with Crippen LogP contribution in [0.15, 0.2) is 46.9 Å². The van der Waals surface area contributed by atoms with E-state index in [0.29, 0.717) is 18.4 Å². The number of carbonyl (C=O) groups excluding carboxylic acids is 1. The third-order valence-electron chi connectivity index (χ3n) is 5.62. The summed E-state index contributed by atoms with van der Waals surface area (Å²) in [5.74, 6) is 0.359. The molecule has 0 bridgehead atoms. The Morgan fingerprint density at radius 2 is 2.12 bits per heavy atom. The largest absolute Gasteiger partial charge is 0.515 e. The molecule has 0 amide bonds. The first-order chi connectivity index (χ1) is 11.5. The van der Waals surface area contributed by atoms with Gasteiger partial charge in [-0.3, -0.25) is 9.36 Å². The Labute approximate surface area is 149 Å². The molecule has 1 aromatic heterocycles. The van der Waals surface area contributed by atoms with E-state index in [2.05, 4.69) is 39.6 Å². The molecule has 24 heavy (non-hydrogen) atoms. The van der Waals surface area contributed by atoms with Crippen LogP contribution in [0, 0.1) is 5.92 Å². The van der Waals surface area contributed by atoms with Crippen LogP contribution in [0.4, 0.5) is 0 Å². The van der Waals surface area contributed by atoms with Crippen LogP contribution in [-0.4, -0.2) is 20.4 Å². The van der Waals surface area contributed by atoms with Crippen molar-refractivity contribution in [1.29, 1.82) is 0 Å². The number of halogens is 1. The maximum absolute atomic E-state index is 12.2. The van der Waals surface area contributed by atoms with Crippen molar-refractivity contribution in [1.82, 2.24) is 9.55 Å². The minimum absolute atomic E-state index is 0.0741. The maximum atomic E-state index is 12.2. The Balaban J connectivity index is 1.86. The predicted octanol–water partition coefficient (Wildman–Crippen LogP) is 4.26. The molecule has 0 aliphatic heterocycles. The number of imidazole rings is 1. The van der Waals surface area contributed by atoms with E-state index in [1.807, 2.05) is 18.2 Å². The number of nitrogens with zero attached hydrogens (tertiary/aromatic N) is 2. The fourth-order valence-corrected chi connectivity index (χ4v) is 4.89. The third kappa shape index (κ3) is 2.18. The summed E-state index contributed by atoms with van der Waals surface area (Å²) >= 11 is 3.62. The van der Waals surface area contributed by atoms with Gasteiger partial charge in [-0.1, -0.05) is 25.1 Å². The van der Waals surface area contributed by atoms with Gasteiger partial charge in [0.25, 0.3) is 0 Å². The lowest BCUT2D eigenvalue weighted by Gasteiger charge is -2.44. The van der Waals surface area contributed by atoms with E-state index < -0.39 is 0 Å². The smallest absolute Gasteiger partial charge is 0.182 e. The number of rotatable bonds is 1. The van der Waals surface area contributed by atoms with Crippen molar-refractivity contribution in [3.63, 3.8) is 0 Å². The van der Waals surface area contributed by atoms with Crippen molar-refractivity contribution in [3.8, 4) is 5.69 Å². The molecular weight excluding hydrogens is 368 g/mol. The molecule has 0 radical (unpaired) electrons. The van der Waals surface area contributed by atoms with Crippen molar-refractivity contribution < 1.29 is 9.90 Å². The number of para-hydroxylation sites is 1. The minimum Gasteiger partial charge on any atom is -0.515 e. The summed E-state index contributed by atoms with van der Waals surface area (Å²) in [6.07, 6.45) is 3.92. The number of hydrogen-bond donors (Lipinski definition) is 1. The van der Waals surface area contributed by atoms with E-state index in [-0.39, 0.29) is 17.1 Å². The number of carbonyl (C=O) groups is 1. The molecule has 2 atom stereocenters. The number of ketones is 1. The predicted molar refractivity (Wildman–Crippen MR) is 95.4 cm³/mol. The average molecular weight is 387 g/mol. The summed E-state index contributed by atoms with van der Waals surface area (Å²) in [7, 11) is 0. The molecule has 1 heterocycles. The molecule has 2 aromatic rings. The number of fused-ring (bicyclic) bond motifs is 3. The molecule has 2 aliphatic rings. The molecule has 2 aliphatic carbocycles. The van der Waals surface area contributed by atoms with Gasteiger partial charge in [0.15, 0.2) is 10.5 Å². The lowest BCUT2D eigenvalue weighted by atomic mass is 9.59. The second-order valence-corrected chi connectivity index (χ2v) is 7.67. The first kappa shape index (κ1) is 15.6. The van der Waals surface area contributed by atoms with E-state index >= 15 is 0 Å². The third-order valence-corrected chi connectivity index (χ3v) is 6.15. The fourth-order valence-electron chi connectivity index (χ4n) is 4.30. The van der Waals surface area contributed by atoms with Crippen molar-refractivity contribution in [2.75, 3.05) is 0 Å². The molecule has 1 aromatic carbocycles. The van der Waals surface area contributed by atoms with Gasteiger partial charge in [-0.15, -0.1) is 0 Å². The molecule has 5 heteroatoms. The zero-order valence-corrected chi connectivity index (χ0v) is 15.1. The highest BCUT2D eigenvalue weighted by Crippen LogP contribution is 2.50. The summed E-state index contributed by atoms with van der Waals surface area (Å²) in [4.78, 5) is 17.0. The lowest BCUT2D eigenvalue weighted by Crippen LogP contribution is -2.43. The van der Waals surface area contributed by atoms with Crippen LogP contribution in [0.1, 0.15) is 37.6 Å². The van der Waals surface area contributed by atoms with Crippen LogP contribution >= 0.6 is 15.9 Å². The average Bonchev–Trinajstić information content (AvgIpc) is 2.93. The van der Waals surface area contributed by atoms with Crippen LogP contribution < -0.4 is 0 Å². The van der Waals surface area contributed by atoms with Crippen molar-refractivity contribution >= 4 is 21.7 Å². The summed E-state index contributed by atoms with van der Waals surface area (Å²) < 4.78 is 2.96. The van der Waals surface area contributed by atoms with Gasteiger partial charge < -0.3 is 5.11 Å². The number of hydrogen-bond acceptors (Lipinski definition) is 3. The van der Waals surface area contributed by atoms with Crippen LogP contribution in [0.2, 0.25) is 0 Å². The maximum Gasteiger partial charge on any atom is 0.182 e. The van der Waals surface area contributed by atoms with E-state index in [4.69, 9.17) is 4.98 Å². The molecule has 4 rings (SSSR count). The number of Topliss-reactive ketones (excluding diaryl/α,β-unsaturated/α-hetero) is 1. The Bertz CT molecular complexity index is 841. The topological polar surface area (TPSA) is 55.1 Å². The van der Waals surface area contributed by atoms with Gasteiger partial charge in [-0.05, 0) is 53.2 Å². The SMILES string of the molecule is CC12C/C(=C/O)C(=O)CC1CCc1c2nc(Br)n1-c1ccccc1. The van der Waals surface area contributed by atoms with Gasteiger partial charge in [0, 0.05) is 28.8 Å². The fraction of sp³-hybridized carbons (Fsp3) is 0.368. The zero-order valence-electron chi connectivity index (χ0n) is 13.5. The van der Waals surface area contributed by atoms with Gasteiger partial charge in [-0.25, -0.2) is 4.98 Å². The number of aliphatic hydroxyl groups excluding tert-OH is 1. The normalized spacial score (nSPS) is 27.8. The van der Waals surface area contributed by atoms with E-state index in [1.54, 1.807) is 0 Å². The van der Waals surface area contributed by atoms with E-state index in [9.17, 15) is 9.90 Å². The summed E-state index contributed by atoms with van der Waals surface area (Å²) in [5.41, 5.74) is 3.66. The van der Waals surface area contributed by atoms with Crippen LogP contribution in [-0.2, 0) is 16.6 Å². The molecule has 1 saturated carbocycles. The van der Waals surface area contributed by atoms with Gasteiger partial charge in [0.05, 0.1) is 12.0 Å². The number of aromatic nitrogens is 2. The quantitative estimate of drug-likeness (QED) is 0.588. The highest BCUT2D eigenvalue weighted by Gasteiger charge is 2.48. The minimum atomic E-state index is -0.210. The van der Waals surface area contributed by atoms with Crippen molar-refractivity contribution in [2.24, 2.45) is 5.92 Å². The van der Waals surface area contributed by atoms with Crippen molar-refractivity contribution in [3.05, 3.63) is 58.3 Å². The summed E-state index contributed by atoms with van der Waals surface area (Å²) in [6, 6.07) is 10.2. The van der Waals surface area contributed by atoms with Crippen molar-refractivity contribution in [2.45, 2.75) is 38.0 Å². The van der Waals surface area contributed by atoms with Gasteiger partial charge in [0.1, 0.15) is 0 Å². The van der Waals surface area contributed by atoms with Gasteiger partial charge in [-0.2, -0.15) is 0 Å². The monoisotopic (exact) mass is 386 g/mol. The number of benzene rings is 1. The number of aliphatic hydroxyl groups is 1. The molecule has 0 saturated heterocycles. The molecule has 1 N–H and O–H groups in total. The summed E-state index contributed by atoms with van der Waals surface area (Å²) in [5, 5.41) is 9.43. The Morgan fingerprint density at radius 3 is 2.83 bits per heavy atom. The number of allylic oxidation sites excluding steroid dienone is 1. The highest BCUT2D eigenvalue weighted by molar-refractivity contribution is 9.10. The van der Waals surface area contributed by atoms with Crippen LogP contribution in [0.25, 0.3) is 5.69 Å². The molecular formula is C19H19BrN2O2. The first-order valence-electron chi connectivity index (χ1n) is 8.24. The molecule has 2 unspecified atom stereocenters. The van der Waals surface area contributed by atoms with E-state index in [1.165, 1.54) is 5.69 Å². The lowest BCUT2D eigenvalue weighted by molar-refractivity contribution is -0.119.